The fourth-order valence-corrected chi connectivity index (χ4v) is 6.49. The lowest BCUT2D eigenvalue weighted by molar-refractivity contribution is -0.120. The van der Waals surface area contributed by atoms with Crippen LogP contribution in [0.15, 0.2) is 32.5 Å². The highest BCUT2D eigenvalue weighted by Crippen LogP contribution is 2.60. The Morgan fingerprint density at radius 1 is 1.26 bits per heavy atom. The van der Waals surface area contributed by atoms with Crippen LogP contribution in [0.1, 0.15) is 57.1 Å². The third-order valence-electron chi connectivity index (χ3n) is 6.56. The number of carbonyl (C=O) groups is 1. The minimum absolute atomic E-state index is 0.0639. The van der Waals surface area contributed by atoms with Crippen LogP contribution in [0.25, 0.3) is 0 Å². The second-order valence-corrected chi connectivity index (χ2v) is 9.92. The van der Waals surface area contributed by atoms with Gasteiger partial charge in [0.15, 0.2) is 0 Å². The maximum atomic E-state index is 12.3. The minimum Gasteiger partial charge on any atom is -0.467 e. The monoisotopic (exact) mass is 387 g/mol. The van der Waals surface area contributed by atoms with Gasteiger partial charge in [0, 0.05) is 5.41 Å². The standard InChI is InChI=1S/C20H25N3O3S/c1-12(17(24)21-11-16-3-2-4-25-16)27-19-23-22-18(26-19)20-8-13-5-14(9-20)7-15(6-13)10-20/h2-4,12-15H,5-11H2,1H3,(H,21,24)/t12-,13?,14?,15?,20?/m1/s1. The highest BCUT2D eigenvalue weighted by molar-refractivity contribution is 8.00. The Hall–Kier alpha value is -1.76. The van der Waals surface area contributed by atoms with E-state index in [0.717, 1.165) is 29.4 Å². The van der Waals surface area contributed by atoms with E-state index in [-0.39, 0.29) is 16.6 Å². The molecule has 4 fully saturated rings. The van der Waals surface area contributed by atoms with Gasteiger partial charge >= 0.3 is 0 Å². The van der Waals surface area contributed by atoms with Crippen molar-refractivity contribution in [2.24, 2.45) is 17.8 Å². The van der Waals surface area contributed by atoms with Crippen molar-refractivity contribution in [3.05, 3.63) is 30.0 Å². The average Bonchev–Trinajstić information content (AvgIpc) is 3.30. The van der Waals surface area contributed by atoms with Gasteiger partial charge in [-0.2, -0.15) is 0 Å². The van der Waals surface area contributed by atoms with Gasteiger partial charge in [0.2, 0.25) is 11.8 Å². The van der Waals surface area contributed by atoms with Gasteiger partial charge in [0.05, 0.1) is 18.1 Å². The molecule has 0 radical (unpaired) electrons. The molecule has 2 heterocycles. The highest BCUT2D eigenvalue weighted by atomic mass is 32.2. The molecule has 1 atom stereocenters. The molecule has 0 saturated heterocycles. The fraction of sp³-hybridized carbons (Fsp3) is 0.650. The van der Waals surface area contributed by atoms with Crippen LogP contribution in [0.3, 0.4) is 0 Å². The lowest BCUT2D eigenvalue weighted by atomic mass is 9.49. The molecule has 27 heavy (non-hydrogen) atoms. The van der Waals surface area contributed by atoms with Gasteiger partial charge in [-0.15, -0.1) is 10.2 Å². The fourth-order valence-electron chi connectivity index (χ4n) is 5.78. The smallest absolute Gasteiger partial charge is 0.277 e. The number of nitrogens with one attached hydrogen (secondary N) is 1. The van der Waals surface area contributed by atoms with E-state index >= 15 is 0 Å². The predicted molar refractivity (Wildman–Crippen MR) is 100 cm³/mol. The maximum Gasteiger partial charge on any atom is 0.277 e. The first kappa shape index (κ1) is 17.3. The van der Waals surface area contributed by atoms with Crippen molar-refractivity contribution >= 4 is 17.7 Å². The molecule has 1 amide bonds. The van der Waals surface area contributed by atoms with Crippen molar-refractivity contribution < 1.29 is 13.6 Å². The Bertz CT molecular complexity index is 781. The Balaban J connectivity index is 1.22. The molecule has 7 heteroatoms. The molecule has 4 saturated carbocycles. The van der Waals surface area contributed by atoms with Crippen molar-refractivity contribution in [3.8, 4) is 0 Å². The van der Waals surface area contributed by atoms with Crippen molar-refractivity contribution in [2.45, 2.75) is 67.9 Å². The number of nitrogens with zero attached hydrogens (tertiary/aromatic N) is 2. The van der Waals surface area contributed by atoms with Crippen LogP contribution in [0.4, 0.5) is 0 Å². The summed E-state index contributed by atoms with van der Waals surface area (Å²) in [6.07, 6.45) is 9.37. The second-order valence-electron chi connectivity index (χ2n) is 8.63. The summed E-state index contributed by atoms with van der Waals surface area (Å²) >= 11 is 1.33. The van der Waals surface area contributed by atoms with Crippen molar-refractivity contribution in [2.75, 3.05) is 0 Å². The van der Waals surface area contributed by atoms with Crippen LogP contribution in [-0.4, -0.2) is 21.4 Å². The van der Waals surface area contributed by atoms with Crippen LogP contribution in [0.2, 0.25) is 0 Å². The Morgan fingerprint density at radius 3 is 2.59 bits per heavy atom. The lowest BCUT2D eigenvalue weighted by Crippen LogP contribution is -2.48. The topological polar surface area (TPSA) is 81.2 Å². The lowest BCUT2D eigenvalue weighted by Gasteiger charge is -2.55. The van der Waals surface area contributed by atoms with Crippen LogP contribution in [0, 0.1) is 17.8 Å². The molecule has 4 aliphatic carbocycles. The third-order valence-corrected chi connectivity index (χ3v) is 7.50. The van der Waals surface area contributed by atoms with E-state index in [1.807, 2.05) is 19.1 Å². The normalized spacial score (nSPS) is 32.6. The first-order chi connectivity index (χ1) is 13.1. The molecule has 144 valence electrons. The number of hydrogen-bond acceptors (Lipinski definition) is 6. The molecule has 0 aliphatic heterocycles. The molecular formula is C20H25N3O3S. The number of furan rings is 1. The van der Waals surface area contributed by atoms with Crippen LogP contribution < -0.4 is 5.32 Å². The summed E-state index contributed by atoms with van der Waals surface area (Å²) in [5, 5.41) is 11.8. The molecule has 2 aromatic heterocycles. The van der Waals surface area contributed by atoms with Gasteiger partial charge in [0.25, 0.3) is 5.22 Å². The number of carbonyl (C=O) groups excluding carboxylic acids is 1. The summed E-state index contributed by atoms with van der Waals surface area (Å²) in [6.45, 7) is 2.25. The van der Waals surface area contributed by atoms with Gasteiger partial charge in [-0.25, -0.2) is 0 Å². The van der Waals surface area contributed by atoms with E-state index in [1.165, 1.54) is 50.3 Å². The molecule has 4 bridgehead atoms. The molecule has 0 aromatic carbocycles. The Kier molecular flexibility index (Phi) is 4.30. The van der Waals surface area contributed by atoms with Crippen LogP contribution in [-0.2, 0) is 16.8 Å². The molecule has 6 rings (SSSR count). The zero-order valence-corrected chi connectivity index (χ0v) is 16.3. The molecule has 6 nitrogen and oxygen atoms in total. The van der Waals surface area contributed by atoms with Gasteiger partial charge in [0.1, 0.15) is 5.76 Å². The zero-order chi connectivity index (χ0) is 18.4. The van der Waals surface area contributed by atoms with E-state index in [1.54, 1.807) is 6.26 Å². The molecule has 0 spiro atoms. The molecule has 4 aliphatic rings. The van der Waals surface area contributed by atoms with Crippen molar-refractivity contribution in [3.63, 3.8) is 0 Å². The predicted octanol–water partition coefficient (Wildman–Crippen LogP) is 3.93. The quantitative estimate of drug-likeness (QED) is 0.757. The van der Waals surface area contributed by atoms with E-state index in [4.69, 9.17) is 8.83 Å². The molecule has 0 unspecified atom stereocenters. The first-order valence-electron chi connectivity index (χ1n) is 9.90. The van der Waals surface area contributed by atoms with Crippen molar-refractivity contribution in [1.82, 2.24) is 15.5 Å². The molecule has 2 aromatic rings. The van der Waals surface area contributed by atoms with Crippen LogP contribution >= 0.6 is 11.8 Å². The maximum absolute atomic E-state index is 12.3. The number of rotatable bonds is 6. The summed E-state index contributed by atoms with van der Waals surface area (Å²) in [6, 6.07) is 3.65. The summed E-state index contributed by atoms with van der Waals surface area (Å²) in [7, 11) is 0. The second kappa shape index (κ2) is 6.69. The summed E-state index contributed by atoms with van der Waals surface area (Å²) < 4.78 is 11.3. The number of aromatic nitrogens is 2. The average molecular weight is 388 g/mol. The Labute approximate surface area is 162 Å². The van der Waals surface area contributed by atoms with Gasteiger partial charge in [-0.3, -0.25) is 4.79 Å². The van der Waals surface area contributed by atoms with Crippen LogP contribution in [0.5, 0.6) is 0 Å². The summed E-state index contributed by atoms with van der Waals surface area (Å²) in [4.78, 5) is 12.3. The molecule has 1 N–H and O–H groups in total. The van der Waals surface area contributed by atoms with Gasteiger partial charge in [-0.05, 0) is 75.3 Å². The Morgan fingerprint density at radius 2 is 1.96 bits per heavy atom. The van der Waals surface area contributed by atoms with E-state index in [2.05, 4.69) is 15.5 Å². The first-order valence-corrected chi connectivity index (χ1v) is 10.8. The van der Waals surface area contributed by atoms with E-state index in [9.17, 15) is 4.79 Å². The molecular weight excluding hydrogens is 362 g/mol. The number of amides is 1. The third kappa shape index (κ3) is 3.30. The highest BCUT2D eigenvalue weighted by Gasteiger charge is 2.54. The van der Waals surface area contributed by atoms with Gasteiger partial charge in [-0.1, -0.05) is 11.8 Å². The SMILES string of the molecule is C[C@@H](Sc1nnc(C23CC4CC(CC(C4)C2)C3)o1)C(=O)NCc1ccco1. The summed E-state index contributed by atoms with van der Waals surface area (Å²) in [5.74, 6) is 4.00. The van der Waals surface area contributed by atoms with Gasteiger partial charge < -0.3 is 14.2 Å². The zero-order valence-electron chi connectivity index (χ0n) is 15.5. The minimum atomic E-state index is -0.301. The van der Waals surface area contributed by atoms with Crippen molar-refractivity contribution in [1.29, 1.82) is 0 Å². The summed E-state index contributed by atoms with van der Waals surface area (Å²) in [5.41, 5.74) is 0.103. The largest absolute Gasteiger partial charge is 0.467 e. The van der Waals surface area contributed by atoms with E-state index < -0.39 is 0 Å². The number of hydrogen-bond donors (Lipinski definition) is 1. The number of thioether (sulfide) groups is 1. The van der Waals surface area contributed by atoms with E-state index in [0.29, 0.717) is 11.8 Å².